The molecule has 12 heteroatoms. The number of aryl methyl sites for hydroxylation is 2. The average Bonchev–Trinajstić information content (AvgIpc) is 4.00. The Balaban J connectivity index is 1.10. The van der Waals surface area contributed by atoms with Crippen LogP contribution in [-0.2, 0) is 41.7 Å². The maximum absolute atomic E-state index is 15.3. The first kappa shape index (κ1) is 60.0. The summed E-state index contributed by atoms with van der Waals surface area (Å²) in [5.74, 6) is 5.86. The standard InChI is InChI=1S/C72H86N4O8/c1-6-12-59-53-30-47(29-49-21-23-60(58-16-11-10-15-48(58)18-17-43(2)3)61-39-67(80)68(84-5)36-51(61)22-24-65(78)72(83)71(82)62(49)35-53)27-46-25-26-74-69(31-46)76-64-38-63-50(32-54(64)28-45-13-8-7-9-14-45)19-20-52(70(63)81)34-57(77)42-73-40-44(4)55-33-56(75-41-55)37-66(59)79/h7-11,13-16,19-20,25,31-33,36,38-39,41,43-44,47,49,53,57,59-60,62,66,72-77,79-81,83H,6,12,17-18,22,24,26-30,34-35,37,40,42H2,1-5H3. The fourth-order valence-corrected chi connectivity index (χ4v) is 13.9. The van der Waals surface area contributed by atoms with Crippen LogP contribution in [0.3, 0.4) is 0 Å². The molecule has 1 aromatic heterocycles. The van der Waals surface area contributed by atoms with Crippen molar-refractivity contribution in [3.05, 3.63) is 177 Å². The zero-order valence-electron chi connectivity index (χ0n) is 49.6. The summed E-state index contributed by atoms with van der Waals surface area (Å²) in [6.07, 6.45) is 9.87. The number of ketones is 2. The van der Waals surface area contributed by atoms with E-state index in [1.165, 1.54) is 7.11 Å². The first-order valence-corrected chi connectivity index (χ1v) is 30.8. The van der Waals surface area contributed by atoms with Gasteiger partial charge in [-0.2, -0.15) is 0 Å². The van der Waals surface area contributed by atoms with Gasteiger partial charge in [0.2, 0.25) is 0 Å². The predicted molar refractivity (Wildman–Crippen MR) is 333 cm³/mol. The second-order valence-corrected chi connectivity index (χ2v) is 25.0. The lowest BCUT2D eigenvalue weighted by Crippen LogP contribution is -2.40. The number of H-pyrrole nitrogens is 1. The van der Waals surface area contributed by atoms with Gasteiger partial charge in [-0.3, -0.25) is 9.59 Å². The lowest BCUT2D eigenvalue weighted by molar-refractivity contribution is -0.142. The van der Waals surface area contributed by atoms with Crippen molar-refractivity contribution in [2.24, 2.45) is 35.5 Å². The molecule has 1 fully saturated rings. The molecule has 10 unspecified atom stereocenters. The van der Waals surface area contributed by atoms with Crippen molar-refractivity contribution in [3.8, 4) is 29.1 Å². The van der Waals surface area contributed by atoms with Gasteiger partial charge in [-0.1, -0.05) is 119 Å². The minimum atomic E-state index is -1.86. The van der Waals surface area contributed by atoms with Crippen LogP contribution in [0.1, 0.15) is 141 Å². The number of aromatic amines is 1. The summed E-state index contributed by atoms with van der Waals surface area (Å²) in [5, 5.41) is 71.8. The Morgan fingerprint density at radius 1 is 0.810 bits per heavy atom. The first-order chi connectivity index (χ1) is 40.6. The molecule has 0 amide bonds. The maximum Gasteiger partial charge on any atom is 0.173 e. The van der Waals surface area contributed by atoms with Crippen molar-refractivity contribution in [1.82, 2.24) is 15.6 Å². The van der Waals surface area contributed by atoms with Crippen molar-refractivity contribution in [2.45, 2.75) is 141 Å². The van der Waals surface area contributed by atoms with Gasteiger partial charge < -0.3 is 51.2 Å². The normalized spacial score (nSPS) is 25.4. The maximum atomic E-state index is 15.3. The van der Waals surface area contributed by atoms with Crippen LogP contribution in [0.4, 0.5) is 5.69 Å². The number of aliphatic hydroxyl groups excluding tert-OH is 3. The SMILES string of the molecule is CCCC1C(O)Cc2cc(c[nH]2)C(C)CNCC(O)Cc2ccc3cc(Cc4ccccc4)c(cc3c2O)NC2=CC(=CCN2)CC2CC3C#CC(c4ccccc4CCC(C)C)c4cc(O)c(OC)cc4CCC(=O)C(O)C(=O)C3CC1C2. The zero-order valence-corrected chi connectivity index (χ0v) is 49.6. The van der Waals surface area contributed by atoms with Crippen LogP contribution >= 0.6 is 0 Å². The molecular weight excluding hydrogens is 1050 g/mol. The number of hydrogen-bond donors (Lipinski definition) is 9. The molecule has 6 aromatic rings. The number of nitrogens with one attached hydrogen (secondary N) is 4. The number of rotatable bonds is 9. The summed E-state index contributed by atoms with van der Waals surface area (Å²) in [6, 6.07) is 32.4. The van der Waals surface area contributed by atoms with Gasteiger partial charge in [-0.25, -0.2) is 0 Å². The van der Waals surface area contributed by atoms with Crippen LogP contribution in [0.15, 0.2) is 127 Å². The molecular formula is C72H86N4O8. The molecule has 10 atom stereocenters. The summed E-state index contributed by atoms with van der Waals surface area (Å²) >= 11 is 0. The van der Waals surface area contributed by atoms with Crippen molar-refractivity contribution in [3.63, 3.8) is 0 Å². The number of β-amino-alcohol motifs (C(OH)–C–C–N with tert-alkyl or cyclic N) is 1. The largest absolute Gasteiger partial charge is 0.507 e. The zero-order chi connectivity index (χ0) is 59.0. The summed E-state index contributed by atoms with van der Waals surface area (Å²) in [7, 11) is 1.50. The molecule has 442 valence electrons. The molecule has 3 heterocycles. The molecule has 4 aliphatic rings. The van der Waals surface area contributed by atoms with Crippen LogP contribution in [0.25, 0.3) is 10.8 Å². The highest BCUT2D eigenvalue weighted by atomic mass is 16.5. The second kappa shape index (κ2) is 27.3. The number of ether oxygens (including phenoxy) is 1. The van der Waals surface area contributed by atoms with Crippen molar-refractivity contribution in [1.29, 1.82) is 0 Å². The summed E-state index contributed by atoms with van der Waals surface area (Å²) in [5.41, 5.74) is 10.4. The third-order valence-electron chi connectivity index (χ3n) is 18.5. The predicted octanol–water partition coefficient (Wildman–Crippen LogP) is 11.5. The second-order valence-electron chi connectivity index (χ2n) is 25.0. The fourth-order valence-electron chi connectivity index (χ4n) is 13.9. The smallest absolute Gasteiger partial charge is 0.173 e. The van der Waals surface area contributed by atoms with Crippen LogP contribution in [0.2, 0.25) is 0 Å². The topological polar surface area (TPSA) is 196 Å². The quantitative estimate of drug-likeness (QED) is 0.0494. The molecule has 9 N–H and O–H groups in total. The number of benzene rings is 5. The van der Waals surface area contributed by atoms with E-state index in [4.69, 9.17) is 4.74 Å². The molecule has 5 aromatic carbocycles. The monoisotopic (exact) mass is 1130 g/mol. The number of allylic oxidation sites excluding steroid dienone is 2. The van der Waals surface area contributed by atoms with E-state index in [1.54, 1.807) is 12.1 Å². The molecule has 2 aliphatic heterocycles. The van der Waals surface area contributed by atoms with Gasteiger partial charge in [0.15, 0.2) is 29.2 Å². The summed E-state index contributed by atoms with van der Waals surface area (Å²) in [4.78, 5) is 33.1. The van der Waals surface area contributed by atoms with Gasteiger partial charge in [0.25, 0.3) is 0 Å². The minimum absolute atomic E-state index is 0.0291. The highest BCUT2D eigenvalue weighted by molar-refractivity contribution is 6.06. The number of dihydropyridines is 1. The van der Waals surface area contributed by atoms with Crippen molar-refractivity contribution >= 4 is 28.0 Å². The van der Waals surface area contributed by atoms with Crippen LogP contribution in [0.5, 0.6) is 17.2 Å². The molecule has 1 saturated carbocycles. The molecule has 12 nitrogen and oxygen atoms in total. The number of methoxy groups -OCH3 is 1. The van der Waals surface area contributed by atoms with E-state index in [-0.39, 0.29) is 60.2 Å². The summed E-state index contributed by atoms with van der Waals surface area (Å²) < 4.78 is 5.62. The van der Waals surface area contributed by atoms with Gasteiger partial charge in [-0.15, -0.1) is 0 Å². The van der Waals surface area contributed by atoms with Crippen molar-refractivity contribution in [2.75, 3.05) is 32.1 Å². The van der Waals surface area contributed by atoms with E-state index in [9.17, 15) is 30.3 Å². The number of phenols is 2. The fraction of sp³-hybridized carbons (Fsp3) is 0.444. The molecule has 84 heavy (non-hydrogen) atoms. The summed E-state index contributed by atoms with van der Waals surface area (Å²) in [6.45, 7) is 10.2. The van der Waals surface area contributed by atoms with Gasteiger partial charge in [-0.05, 0) is 179 Å². The average molecular weight is 1140 g/mol. The lowest BCUT2D eigenvalue weighted by atomic mass is 9.73. The number of anilines is 1. The Kier molecular flexibility index (Phi) is 19.5. The number of carbonyl (C=O) groups is 2. The third-order valence-corrected chi connectivity index (χ3v) is 18.5. The van der Waals surface area contributed by atoms with Crippen LogP contribution < -0.4 is 20.7 Å². The van der Waals surface area contributed by atoms with Crippen LogP contribution in [-0.4, -0.2) is 87.1 Å². The van der Waals surface area contributed by atoms with Crippen molar-refractivity contribution < 1.29 is 39.9 Å². The van der Waals surface area contributed by atoms with Gasteiger partial charge in [0.1, 0.15) is 11.6 Å². The number of Topliss-reactive ketones (excluding diaryl/α,β-unsaturated/α-hetero) is 2. The number of aromatic hydroxyl groups is 2. The first-order valence-electron chi connectivity index (χ1n) is 30.8. The Morgan fingerprint density at radius 2 is 1.62 bits per heavy atom. The number of hydrogen-bond acceptors (Lipinski definition) is 11. The Morgan fingerprint density at radius 3 is 2.42 bits per heavy atom. The molecule has 0 spiro atoms. The van der Waals surface area contributed by atoms with Gasteiger partial charge >= 0.3 is 0 Å². The molecule has 9 bridgehead atoms. The number of aromatic nitrogens is 1. The van der Waals surface area contributed by atoms with E-state index in [0.717, 1.165) is 86.4 Å². The minimum Gasteiger partial charge on any atom is -0.507 e. The Labute approximate surface area is 496 Å². The van der Waals surface area contributed by atoms with E-state index in [0.29, 0.717) is 81.4 Å². The van der Waals surface area contributed by atoms with E-state index < -0.39 is 47.6 Å². The highest BCUT2D eigenvalue weighted by Crippen LogP contribution is 2.46. The number of fused-ring (bicyclic) bond motifs is 9. The highest BCUT2D eigenvalue weighted by Gasteiger charge is 2.44. The van der Waals surface area contributed by atoms with Gasteiger partial charge in [0.05, 0.1) is 25.2 Å². The van der Waals surface area contributed by atoms with Crippen LogP contribution in [0, 0.1) is 47.3 Å². The van der Waals surface area contributed by atoms with E-state index in [2.05, 4.69) is 115 Å². The Bertz CT molecular complexity index is 3420. The van der Waals surface area contributed by atoms with Gasteiger partial charge in [0, 0.05) is 73.7 Å². The van der Waals surface area contributed by atoms with E-state index >= 15 is 4.79 Å². The Hall–Kier alpha value is -7.14. The number of phenolic OH excluding ortho intramolecular Hbond substituents is 2. The van der Waals surface area contributed by atoms with E-state index in [1.807, 2.05) is 48.7 Å². The number of carbonyl (C=O) groups excluding carboxylic acids is 2. The number of aliphatic hydroxyl groups is 3. The lowest BCUT2D eigenvalue weighted by Gasteiger charge is -2.33. The molecule has 10 rings (SSSR count). The third kappa shape index (κ3) is 14.2. The molecule has 0 saturated heterocycles. The molecule has 0 radical (unpaired) electrons. The molecule has 2 aliphatic carbocycles.